The van der Waals surface area contributed by atoms with E-state index < -0.39 is 38.6 Å². The zero-order chi connectivity index (χ0) is 28.8. The van der Waals surface area contributed by atoms with Crippen LogP contribution in [-0.2, 0) is 20.8 Å². The molecule has 0 aliphatic carbocycles. The van der Waals surface area contributed by atoms with E-state index in [2.05, 4.69) is 49.5 Å². The molecule has 3 heterocycles. The van der Waals surface area contributed by atoms with Crippen molar-refractivity contribution in [3.63, 3.8) is 0 Å². The molecule has 0 saturated carbocycles. The van der Waals surface area contributed by atoms with Crippen molar-refractivity contribution < 1.29 is 31.1 Å². The number of benzene rings is 1. The summed E-state index contributed by atoms with van der Waals surface area (Å²) in [6.07, 6.45) is -2.03. The van der Waals surface area contributed by atoms with E-state index in [1.165, 1.54) is 32.2 Å². The first-order valence-electron chi connectivity index (χ1n) is 12.3. The molecule has 39 heavy (non-hydrogen) atoms. The van der Waals surface area contributed by atoms with Crippen molar-refractivity contribution in [3.05, 3.63) is 30.1 Å². The maximum atomic E-state index is 14.1. The Morgan fingerprint density at radius 3 is 2.56 bits per heavy atom. The van der Waals surface area contributed by atoms with Crippen molar-refractivity contribution >= 4 is 38.5 Å². The average Bonchev–Trinajstić information content (AvgIpc) is 3.28. The van der Waals surface area contributed by atoms with Gasteiger partial charge in [-0.2, -0.15) is 13.2 Å². The Morgan fingerprint density at radius 2 is 1.97 bits per heavy atom. The minimum atomic E-state index is -4.77. The van der Waals surface area contributed by atoms with E-state index in [0.29, 0.717) is 6.54 Å². The number of carbonyl (C=O) groups is 1. The number of halogens is 3. The molecule has 1 aliphatic rings. The van der Waals surface area contributed by atoms with E-state index in [9.17, 15) is 26.4 Å². The second-order valence-corrected chi connectivity index (χ2v) is 12.8. The number of amides is 1. The van der Waals surface area contributed by atoms with Crippen LogP contribution in [0.1, 0.15) is 46.1 Å². The van der Waals surface area contributed by atoms with Crippen LogP contribution >= 0.6 is 0 Å². The second-order valence-electron chi connectivity index (χ2n) is 10.4. The summed E-state index contributed by atoms with van der Waals surface area (Å²) >= 11 is 0. The number of nitrogens with one attached hydrogen (secondary N) is 4. The number of piperidine rings is 1. The van der Waals surface area contributed by atoms with Gasteiger partial charge in [-0.3, -0.25) is 5.32 Å². The molecule has 1 unspecified atom stereocenters. The van der Waals surface area contributed by atoms with Crippen molar-refractivity contribution in [1.82, 2.24) is 20.3 Å². The largest absolute Gasteiger partial charge is 0.453 e. The predicted octanol–water partition coefficient (Wildman–Crippen LogP) is 4.95. The molecule has 0 radical (unpaired) electrons. The first kappa shape index (κ1) is 28.6. The summed E-state index contributed by atoms with van der Waals surface area (Å²) in [7, 11) is -2.88. The van der Waals surface area contributed by atoms with Crippen LogP contribution in [0.25, 0.3) is 22.2 Å². The summed E-state index contributed by atoms with van der Waals surface area (Å²) in [6.45, 7) is 7.67. The van der Waals surface area contributed by atoms with Crippen LogP contribution in [0.5, 0.6) is 0 Å². The first-order valence-corrected chi connectivity index (χ1v) is 13.9. The number of rotatable bonds is 6. The van der Waals surface area contributed by atoms with Crippen LogP contribution < -0.4 is 16.0 Å². The topological polar surface area (TPSA) is 138 Å². The molecule has 4 N–H and O–H groups in total. The number of anilines is 2. The fourth-order valence-corrected chi connectivity index (χ4v) is 5.80. The normalized spacial score (nSPS) is 17.8. The number of fused-ring (bicyclic) bond motifs is 1. The van der Waals surface area contributed by atoms with Gasteiger partial charge in [-0.15, -0.1) is 0 Å². The monoisotopic (exact) mass is 568 g/mol. The minimum Gasteiger partial charge on any atom is -0.453 e. The first-order chi connectivity index (χ1) is 18.1. The van der Waals surface area contributed by atoms with Crippen molar-refractivity contribution in [1.29, 1.82) is 0 Å². The van der Waals surface area contributed by atoms with Gasteiger partial charge in [0.25, 0.3) is 0 Å². The van der Waals surface area contributed by atoms with Crippen LogP contribution in [0.3, 0.4) is 0 Å². The summed E-state index contributed by atoms with van der Waals surface area (Å²) in [5.74, 6) is 0.0258. The lowest BCUT2D eigenvalue weighted by Gasteiger charge is -2.36. The van der Waals surface area contributed by atoms with E-state index in [1.54, 1.807) is 0 Å². The number of methoxy groups -OCH3 is 1. The maximum absolute atomic E-state index is 14.1. The highest BCUT2D eigenvalue weighted by molar-refractivity contribution is 7.92. The Balaban J connectivity index is 1.86. The van der Waals surface area contributed by atoms with E-state index in [-0.39, 0.29) is 44.6 Å². The van der Waals surface area contributed by atoms with Gasteiger partial charge < -0.3 is 20.4 Å². The lowest BCUT2D eigenvalue weighted by atomic mass is 9.91. The van der Waals surface area contributed by atoms with Crippen LogP contribution in [0, 0.1) is 0 Å². The van der Waals surface area contributed by atoms with Gasteiger partial charge >= 0.3 is 12.3 Å². The van der Waals surface area contributed by atoms with Crippen LogP contribution in [0.15, 0.2) is 29.4 Å². The van der Waals surface area contributed by atoms with Gasteiger partial charge in [-0.1, -0.05) is 0 Å². The molecule has 10 nitrogen and oxygen atoms in total. The third-order valence-electron chi connectivity index (χ3n) is 6.76. The molecule has 1 aliphatic heterocycles. The Hall–Kier alpha value is -3.39. The van der Waals surface area contributed by atoms with Crippen LogP contribution in [-0.4, -0.2) is 59.9 Å². The molecule has 1 amide bonds. The third kappa shape index (κ3) is 5.81. The zero-order valence-electron chi connectivity index (χ0n) is 22.2. The van der Waals surface area contributed by atoms with E-state index in [1.807, 2.05) is 0 Å². The number of hydrogen-bond donors (Lipinski definition) is 4. The number of sulfone groups is 1. The van der Waals surface area contributed by atoms with E-state index in [4.69, 9.17) is 0 Å². The zero-order valence-corrected chi connectivity index (χ0v) is 23.0. The van der Waals surface area contributed by atoms with Crippen molar-refractivity contribution in [2.24, 2.45) is 0 Å². The highest BCUT2D eigenvalue weighted by Crippen LogP contribution is 2.41. The molecular weight excluding hydrogens is 537 g/mol. The maximum Gasteiger partial charge on any atom is 0.419 e. The van der Waals surface area contributed by atoms with E-state index in [0.717, 1.165) is 26.1 Å². The standard InChI is InChI=1S/C25H31F3N6O4S/c1-13(2)39(36,37)21-18(33-23(35)38-5)7-6-15-16(11-29-20(15)21)19-17(25(26,27)28)12-30-22(34-19)32-14-8-9-24(3,4)31-10-14/h6-7,11-14,29,31H,8-10H2,1-5H3,(H,33,35)(H,30,32,34). The van der Waals surface area contributed by atoms with Crippen LogP contribution in [0.4, 0.5) is 29.6 Å². The summed E-state index contributed by atoms with van der Waals surface area (Å²) in [5.41, 5.74) is -1.50. The SMILES string of the molecule is COC(=O)Nc1ccc2c(-c3nc(NC4CCC(C)(C)NC4)ncc3C(F)(F)F)c[nH]c2c1S(=O)(=O)C(C)C. The Kier molecular flexibility index (Phi) is 7.56. The number of aromatic amines is 1. The molecular formula is C25H31F3N6O4S. The molecule has 1 atom stereocenters. The number of H-pyrrole nitrogens is 1. The number of carbonyl (C=O) groups excluding carboxylic acids is 1. The van der Waals surface area contributed by atoms with Gasteiger partial charge in [0.2, 0.25) is 5.95 Å². The lowest BCUT2D eigenvalue weighted by molar-refractivity contribution is -0.137. The average molecular weight is 569 g/mol. The molecule has 4 rings (SSSR count). The molecule has 3 aromatic rings. The van der Waals surface area contributed by atoms with Crippen molar-refractivity contribution in [2.45, 2.75) is 68.4 Å². The van der Waals surface area contributed by atoms with Gasteiger partial charge in [0, 0.05) is 41.5 Å². The molecule has 2 aromatic heterocycles. The molecule has 1 aromatic carbocycles. The Labute approximate surface area is 224 Å². The highest BCUT2D eigenvalue weighted by atomic mass is 32.2. The summed E-state index contributed by atoms with van der Waals surface area (Å²) < 4.78 is 73.4. The fourth-order valence-electron chi connectivity index (χ4n) is 4.45. The molecule has 14 heteroatoms. The lowest BCUT2D eigenvalue weighted by Crippen LogP contribution is -2.50. The van der Waals surface area contributed by atoms with Crippen molar-refractivity contribution in [2.75, 3.05) is 24.3 Å². The molecule has 1 fully saturated rings. The number of alkyl halides is 3. The summed E-state index contributed by atoms with van der Waals surface area (Å²) in [5, 5.41) is 8.17. The minimum absolute atomic E-state index is 0.0258. The van der Waals surface area contributed by atoms with Crippen LogP contribution in [0.2, 0.25) is 0 Å². The second kappa shape index (κ2) is 10.3. The quantitative estimate of drug-likeness (QED) is 0.328. The number of aromatic nitrogens is 3. The van der Waals surface area contributed by atoms with Gasteiger partial charge in [-0.05, 0) is 52.7 Å². The molecule has 212 valence electrons. The smallest absolute Gasteiger partial charge is 0.419 e. The number of hydrogen-bond acceptors (Lipinski definition) is 8. The van der Waals surface area contributed by atoms with Gasteiger partial charge in [-0.25, -0.2) is 23.2 Å². The Bertz CT molecular complexity index is 1490. The molecule has 0 bridgehead atoms. The number of ether oxygens (including phenoxy) is 1. The molecule has 1 saturated heterocycles. The molecule has 0 spiro atoms. The number of nitrogens with zero attached hydrogens (tertiary/aromatic N) is 2. The van der Waals surface area contributed by atoms with Gasteiger partial charge in [0.05, 0.1) is 29.3 Å². The van der Waals surface area contributed by atoms with Gasteiger partial charge in [0.15, 0.2) is 9.84 Å². The van der Waals surface area contributed by atoms with Gasteiger partial charge in [0.1, 0.15) is 10.5 Å². The Morgan fingerprint density at radius 1 is 1.26 bits per heavy atom. The summed E-state index contributed by atoms with van der Waals surface area (Å²) in [6, 6.07) is 2.66. The highest BCUT2D eigenvalue weighted by Gasteiger charge is 2.37. The fraction of sp³-hybridized carbons (Fsp3) is 0.480. The summed E-state index contributed by atoms with van der Waals surface area (Å²) in [4.78, 5) is 22.6. The predicted molar refractivity (Wildman–Crippen MR) is 141 cm³/mol. The third-order valence-corrected chi connectivity index (χ3v) is 9.00. The van der Waals surface area contributed by atoms with E-state index >= 15 is 0 Å². The van der Waals surface area contributed by atoms with Crippen molar-refractivity contribution in [3.8, 4) is 11.3 Å².